The largest absolute Gasteiger partial charge is 0.353 e. The Balaban J connectivity index is 1.76. The van der Waals surface area contributed by atoms with Gasteiger partial charge in [-0.2, -0.15) is 0 Å². The Labute approximate surface area is 153 Å². The maximum absolute atomic E-state index is 10.9. The van der Waals surface area contributed by atoms with Crippen molar-refractivity contribution in [1.29, 1.82) is 0 Å². The van der Waals surface area contributed by atoms with E-state index in [1.165, 1.54) is 12.1 Å². The molecule has 0 unspecified atom stereocenters. The summed E-state index contributed by atoms with van der Waals surface area (Å²) in [5.41, 5.74) is 5.46. The van der Waals surface area contributed by atoms with E-state index in [2.05, 4.69) is 10.3 Å². The summed E-state index contributed by atoms with van der Waals surface area (Å²) >= 11 is 0. The number of nitro benzene ring substituents is 1. The van der Waals surface area contributed by atoms with E-state index < -0.39 is 4.92 Å². The number of benzene rings is 3. The van der Waals surface area contributed by atoms with E-state index in [0.29, 0.717) is 0 Å². The zero-order valence-electron chi connectivity index (χ0n) is 14.1. The number of anilines is 2. The molecule has 0 fully saturated rings. The van der Waals surface area contributed by atoms with Gasteiger partial charge in [0.2, 0.25) is 0 Å². The molecule has 5 aromatic rings. The molecule has 27 heavy (non-hydrogen) atoms. The summed E-state index contributed by atoms with van der Waals surface area (Å²) in [5.74, 6) is 0. The molecule has 0 atom stereocenters. The van der Waals surface area contributed by atoms with Crippen molar-refractivity contribution in [3.63, 3.8) is 0 Å². The first-order valence-electron chi connectivity index (χ1n) is 8.51. The highest BCUT2D eigenvalue weighted by molar-refractivity contribution is 6.16. The van der Waals surface area contributed by atoms with Crippen LogP contribution in [0.5, 0.6) is 0 Å². The average molecular weight is 354 g/mol. The number of nitrogens with zero attached hydrogens (tertiary/aromatic N) is 2. The molecule has 0 aliphatic heterocycles. The van der Waals surface area contributed by atoms with Crippen LogP contribution >= 0.6 is 0 Å². The maximum atomic E-state index is 10.9. The molecular weight excluding hydrogens is 340 g/mol. The molecule has 0 saturated carbocycles. The van der Waals surface area contributed by atoms with Gasteiger partial charge in [0.05, 0.1) is 27.2 Å². The molecule has 0 spiro atoms. The van der Waals surface area contributed by atoms with Crippen LogP contribution in [0.1, 0.15) is 0 Å². The van der Waals surface area contributed by atoms with Crippen LogP contribution in [0.3, 0.4) is 0 Å². The fourth-order valence-corrected chi connectivity index (χ4v) is 3.40. The molecule has 0 saturated heterocycles. The van der Waals surface area contributed by atoms with E-state index in [4.69, 9.17) is 4.98 Å². The Kier molecular flexibility index (Phi) is 3.30. The number of non-ortho nitro benzene ring substituents is 1. The second kappa shape index (κ2) is 5.81. The molecule has 6 heteroatoms. The van der Waals surface area contributed by atoms with Gasteiger partial charge in [-0.1, -0.05) is 36.4 Å². The zero-order valence-corrected chi connectivity index (χ0v) is 14.1. The highest BCUT2D eigenvalue weighted by atomic mass is 16.6. The van der Waals surface area contributed by atoms with E-state index in [1.54, 1.807) is 12.1 Å². The normalized spacial score (nSPS) is 11.3. The quantitative estimate of drug-likeness (QED) is 0.330. The lowest BCUT2D eigenvalue weighted by Gasteiger charge is -2.11. The minimum absolute atomic E-state index is 0.0656. The van der Waals surface area contributed by atoms with Gasteiger partial charge in [0.25, 0.3) is 5.69 Å². The number of nitrogens with one attached hydrogen (secondary N) is 2. The molecule has 0 radical (unpaired) electrons. The molecule has 2 aromatic heterocycles. The predicted octanol–water partition coefficient (Wildman–Crippen LogP) is 5.52. The van der Waals surface area contributed by atoms with Crippen LogP contribution < -0.4 is 5.32 Å². The van der Waals surface area contributed by atoms with Crippen LogP contribution in [0.2, 0.25) is 0 Å². The summed E-state index contributed by atoms with van der Waals surface area (Å²) in [5, 5.41) is 16.4. The van der Waals surface area contributed by atoms with E-state index in [9.17, 15) is 10.1 Å². The first-order valence-corrected chi connectivity index (χ1v) is 8.51. The second-order valence-corrected chi connectivity index (χ2v) is 6.33. The first kappa shape index (κ1) is 15.3. The maximum Gasteiger partial charge on any atom is 0.269 e. The summed E-state index contributed by atoms with van der Waals surface area (Å²) < 4.78 is 0. The summed E-state index contributed by atoms with van der Waals surface area (Å²) in [4.78, 5) is 18.8. The molecule has 0 amide bonds. The number of fused-ring (bicyclic) bond motifs is 4. The number of rotatable bonds is 3. The van der Waals surface area contributed by atoms with Gasteiger partial charge in [0.15, 0.2) is 0 Å². The van der Waals surface area contributed by atoms with Crippen molar-refractivity contribution in [3.8, 4) is 0 Å². The molecule has 5 rings (SSSR count). The number of H-pyrrole nitrogens is 1. The summed E-state index contributed by atoms with van der Waals surface area (Å²) in [6.45, 7) is 0. The number of para-hydroxylation sites is 2. The minimum atomic E-state index is -0.401. The van der Waals surface area contributed by atoms with Crippen molar-refractivity contribution in [3.05, 3.63) is 82.9 Å². The van der Waals surface area contributed by atoms with Crippen molar-refractivity contribution in [2.45, 2.75) is 0 Å². The summed E-state index contributed by atoms with van der Waals surface area (Å²) in [7, 11) is 0. The van der Waals surface area contributed by atoms with Gasteiger partial charge < -0.3 is 10.3 Å². The summed E-state index contributed by atoms with van der Waals surface area (Å²) in [6.07, 6.45) is 0. The topological polar surface area (TPSA) is 83.8 Å². The van der Waals surface area contributed by atoms with Crippen molar-refractivity contribution in [1.82, 2.24) is 9.97 Å². The number of aromatic amines is 1. The Morgan fingerprint density at radius 3 is 2.37 bits per heavy atom. The van der Waals surface area contributed by atoms with Gasteiger partial charge in [0, 0.05) is 34.1 Å². The van der Waals surface area contributed by atoms with Crippen LogP contribution in [0, 0.1) is 10.1 Å². The number of nitro groups is 1. The Hall–Kier alpha value is -3.93. The van der Waals surface area contributed by atoms with Gasteiger partial charge in [-0.3, -0.25) is 10.1 Å². The molecule has 6 nitrogen and oxygen atoms in total. The Morgan fingerprint density at radius 1 is 0.889 bits per heavy atom. The number of aromatic nitrogens is 2. The van der Waals surface area contributed by atoms with E-state index in [-0.39, 0.29) is 5.69 Å². The number of pyridine rings is 1. The van der Waals surface area contributed by atoms with E-state index in [1.807, 2.05) is 48.5 Å². The van der Waals surface area contributed by atoms with Gasteiger partial charge in [-0.15, -0.1) is 0 Å². The Bertz CT molecular complexity index is 1320. The van der Waals surface area contributed by atoms with Crippen LogP contribution in [0.15, 0.2) is 72.8 Å². The Morgan fingerprint density at radius 2 is 1.59 bits per heavy atom. The fraction of sp³-hybridized carbons (Fsp3) is 0. The third-order valence-corrected chi connectivity index (χ3v) is 4.68. The predicted molar refractivity (Wildman–Crippen MR) is 107 cm³/mol. The molecule has 2 heterocycles. The third-order valence-electron chi connectivity index (χ3n) is 4.68. The van der Waals surface area contributed by atoms with E-state index in [0.717, 1.165) is 44.2 Å². The highest BCUT2D eigenvalue weighted by Gasteiger charge is 2.14. The van der Waals surface area contributed by atoms with Crippen LogP contribution in [0.4, 0.5) is 17.1 Å². The first-order chi connectivity index (χ1) is 13.2. The van der Waals surface area contributed by atoms with Crippen molar-refractivity contribution < 1.29 is 4.92 Å². The molecule has 2 N–H and O–H groups in total. The standard InChI is InChI=1S/C21H14N4O2/c26-25(27)14-11-9-13(10-12-14)22-19-15-5-1-3-7-17(15)23-20-16-6-2-4-8-18(16)24-21(19)20/h1-12,24H,(H,22,23). The number of hydrogen-bond donors (Lipinski definition) is 2. The van der Waals surface area contributed by atoms with Gasteiger partial charge in [-0.05, 0) is 24.3 Å². The molecule has 130 valence electrons. The van der Waals surface area contributed by atoms with Crippen LogP contribution in [-0.4, -0.2) is 14.9 Å². The smallest absolute Gasteiger partial charge is 0.269 e. The highest BCUT2D eigenvalue weighted by Crippen LogP contribution is 2.36. The SMILES string of the molecule is O=[N+]([O-])c1ccc(Nc2c3ccccc3nc3c2[nH]c2ccccc23)cc1. The monoisotopic (exact) mass is 354 g/mol. The van der Waals surface area contributed by atoms with Crippen LogP contribution in [-0.2, 0) is 0 Å². The molecule has 3 aromatic carbocycles. The van der Waals surface area contributed by atoms with Gasteiger partial charge in [-0.25, -0.2) is 4.98 Å². The lowest BCUT2D eigenvalue weighted by Crippen LogP contribution is -1.95. The minimum Gasteiger partial charge on any atom is -0.353 e. The average Bonchev–Trinajstić information content (AvgIpc) is 3.07. The second-order valence-electron chi connectivity index (χ2n) is 6.33. The lowest BCUT2D eigenvalue weighted by atomic mass is 10.1. The molecular formula is C21H14N4O2. The van der Waals surface area contributed by atoms with Gasteiger partial charge in [0.1, 0.15) is 0 Å². The summed E-state index contributed by atoms with van der Waals surface area (Å²) in [6, 6.07) is 22.4. The van der Waals surface area contributed by atoms with Crippen molar-refractivity contribution >= 4 is 49.9 Å². The number of hydrogen-bond acceptors (Lipinski definition) is 4. The van der Waals surface area contributed by atoms with E-state index >= 15 is 0 Å². The van der Waals surface area contributed by atoms with Crippen molar-refractivity contribution in [2.24, 2.45) is 0 Å². The third kappa shape index (κ3) is 2.46. The zero-order chi connectivity index (χ0) is 18.4. The van der Waals surface area contributed by atoms with Crippen molar-refractivity contribution in [2.75, 3.05) is 5.32 Å². The molecule has 0 aliphatic rings. The molecule has 0 bridgehead atoms. The fourth-order valence-electron chi connectivity index (χ4n) is 3.40. The molecule has 0 aliphatic carbocycles. The van der Waals surface area contributed by atoms with Crippen LogP contribution in [0.25, 0.3) is 32.8 Å². The van der Waals surface area contributed by atoms with Gasteiger partial charge >= 0.3 is 0 Å². The lowest BCUT2D eigenvalue weighted by molar-refractivity contribution is -0.384.